The van der Waals surface area contributed by atoms with Crippen LogP contribution in [0.15, 0.2) is 23.4 Å². The first-order valence-electron chi connectivity index (χ1n) is 6.26. The average molecular weight is 283 g/mol. The Morgan fingerprint density at radius 1 is 1.35 bits per heavy atom. The number of rotatable bonds is 3. The van der Waals surface area contributed by atoms with Crippen LogP contribution in [0.4, 0.5) is 8.78 Å². The van der Waals surface area contributed by atoms with E-state index < -0.39 is 17.5 Å². The Morgan fingerprint density at radius 2 is 2.10 bits per heavy atom. The van der Waals surface area contributed by atoms with Gasteiger partial charge in [0.15, 0.2) is 11.6 Å². The average Bonchev–Trinajstić information content (AvgIpc) is 2.89. The number of hydrogen-bond donors (Lipinski definition) is 3. The molecule has 20 heavy (non-hydrogen) atoms. The van der Waals surface area contributed by atoms with Crippen molar-refractivity contribution in [3.05, 3.63) is 35.4 Å². The molecule has 1 aliphatic rings. The third kappa shape index (κ3) is 2.87. The van der Waals surface area contributed by atoms with Gasteiger partial charge >= 0.3 is 0 Å². The van der Waals surface area contributed by atoms with E-state index in [0.717, 1.165) is 18.6 Å². The summed E-state index contributed by atoms with van der Waals surface area (Å²) >= 11 is 0. The van der Waals surface area contributed by atoms with Gasteiger partial charge in [-0.3, -0.25) is 4.79 Å². The number of hydrogen-bond acceptors (Lipinski definition) is 3. The van der Waals surface area contributed by atoms with Crippen molar-refractivity contribution < 1.29 is 18.8 Å². The lowest BCUT2D eigenvalue weighted by Crippen LogP contribution is -2.42. The summed E-state index contributed by atoms with van der Waals surface area (Å²) in [4.78, 5) is 12.0. The standard InChI is InChI=1S/C13H15F2N3O2/c14-9-5-4-7(6-10(9)15)13(19)17-11-3-1-2-8(11)12(16)18-20/h4-6,8,11,20H,1-3H2,(H2,16,18)(H,17,19). The van der Waals surface area contributed by atoms with Crippen molar-refractivity contribution in [3.63, 3.8) is 0 Å². The van der Waals surface area contributed by atoms with Crippen molar-refractivity contribution in [2.75, 3.05) is 0 Å². The minimum absolute atomic E-state index is 0.0362. The molecule has 5 nitrogen and oxygen atoms in total. The van der Waals surface area contributed by atoms with E-state index in [1.165, 1.54) is 6.07 Å². The maximum absolute atomic E-state index is 13.1. The molecule has 2 rings (SSSR count). The number of nitrogens with one attached hydrogen (secondary N) is 1. The summed E-state index contributed by atoms with van der Waals surface area (Å²) in [6.45, 7) is 0. The van der Waals surface area contributed by atoms with E-state index in [1.807, 2.05) is 0 Å². The maximum Gasteiger partial charge on any atom is 0.251 e. The molecule has 0 aromatic heterocycles. The van der Waals surface area contributed by atoms with Crippen LogP contribution in [0.2, 0.25) is 0 Å². The highest BCUT2D eigenvalue weighted by molar-refractivity contribution is 5.95. The Hall–Kier alpha value is -2.18. The van der Waals surface area contributed by atoms with Gasteiger partial charge in [0, 0.05) is 17.5 Å². The molecule has 7 heteroatoms. The van der Waals surface area contributed by atoms with Gasteiger partial charge in [-0.1, -0.05) is 11.6 Å². The number of amidine groups is 1. The summed E-state index contributed by atoms with van der Waals surface area (Å²) in [5.74, 6) is -2.76. The predicted octanol–water partition coefficient (Wildman–Crippen LogP) is 1.61. The number of carbonyl (C=O) groups is 1. The van der Waals surface area contributed by atoms with E-state index in [9.17, 15) is 13.6 Å². The number of carbonyl (C=O) groups excluding carboxylic acids is 1. The zero-order valence-corrected chi connectivity index (χ0v) is 10.6. The van der Waals surface area contributed by atoms with Crippen molar-refractivity contribution in [1.29, 1.82) is 0 Å². The summed E-state index contributed by atoms with van der Waals surface area (Å²) in [5, 5.41) is 14.4. The molecule has 1 aromatic rings. The molecule has 0 radical (unpaired) electrons. The fourth-order valence-electron chi connectivity index (χ4n) is 2.45. The first kappa shape index (κ1) is 14.2. The van der Waals surface area contributed by atoms with E-state index in [0.29, 0.717) is 12.8 Å². The smallest absolute Gasteiger partial charge is 0.251 e. The Balaban J connectivity index is 2.09. The Kier molecular flexibility index (Phi) is 4.16. The fourth-order valence-corrected chi connectivity index (χ4v) is 2.45. The molecule has 0 heterocycles. The minimum Gasteiger partial charge on any atom is -0.409 e. The van der Waals surface area contributed by atoms with Gasteiger partial charge in [0.05, 0.1) is 0 Å². The van der Waals surface area contributed by atoms with Crippen LogP contribution in [-0.4, -0.2) is 23.0 Å². The number of halogens is 2. The van der Waals surface area contributed by atoms with E-state index in [2.05, 4.69) is 10.5 Å². The third-order valence-electron chi connectivity index (χ3n) is 3.51. The van der Waals surface area contributed by atoms with Crippen molar-refractivity contribution >= 4 is 11.7 Å². The van der Waals surface area contributed by atoms with Gasteiger partial charge in [-0.05, 0) is 31.0 Å². The second kappa shape index (κ2) is 5.85. The van der Waals surface area contributed by atoms with E-state index in [4.69, 9.17) is 10.9 Å². The van der Waals surface area contributed by atoms with Gasteiger partial charge in [-0.2, -0.15) is 0 Å². The second-order valence-electron chi connectivity index (χ2n) is 4.77. The Morgan fingerprint density at radius 3 is 2.75 bits per heavy atom. The molecule has 4 N–H and O–H groups in total. The van der Waals surface area contributed by atoms with E-state index >= 15 is 0 Å². The largest absolute Gasteiger partial charge is 0.409 e. The molecule has 2 unspecified atom stereocenters. The zero-order chi connectivity index (χ0) is 14.7. The molecule has 1 aromatic carbocycles. The number of amides is 1. The molecule has 1 fully saturated rings. The molecule has 0 spiro atoms. The quantitative estimate of drug-likeness (QED) is 0.341. The SMILES string of the molecule is NC(=NO)C1CCCC1NC(=O)c1ccc(F)c(F)c1. The van der Waals surface area contributed by atoms with Crippen LogP contribution in [0.1, 0.15) is 29.6 Å². The summed E-state index contributed by atoms with van der Waals surface area (Å²) in [6, 6.07) is 2.69. The molecule has 1 aliphatic carbocycles. The topological polar surface area (TPSA) is 87.7 Å². The van der Waals surface area contributed by atoms with Crippen LogP contribution in [0.5, 0.6) is 0 Å². The number of nitrogens with two attached hydrogens (primary N) is 1. The van der Waals surface area contributed by atoms with Crippen LogP contribution in [0.3, 0.4) is 0 Å². The minimum atomic E-state index is -1.07. The Bertz CT molecular complexity index is 548. The van der Waals surface area contributed by atoms with Gasteiger partial charge in [0.1, 0.15) is 5.84 Å². The molecule has 1 saturated carbocycles. The van der Waals surface area contributed by atoms with Crippen LogP contribution in [0, 0.1) is 17.6 Å². The van der Waals surface area contributed by atoms with Gasteiger partial charge < -0.3 is 16.3 Å². The van der Waals surface area contributed by atoms with Gasteiger partial charge in [0.2, 0.25) is 0 Å². The molecular weight excluding hydrogens is 268 g/mol. The number of nitrogens with zero attached hydrogens (tertiary/aromatic N) is 1. The second-order valence-corrected chi connectivity index (χ2v) is 4.77. The number of oxime groups is 1. The summed E-state index contributed by atoms with van der Waals surface area (Å²) in [6.07, 6.45) is 2.23. The van der Waals surface area contributed by atoms with Crippen LogP contribution in [0.25, 0.3) is 0 Å². The lowest BCUT2D eigenvalue weighted by Gasteiger charge is -2.19. The van der Waals surface area contributed by atoms with E-state index in [1.54, 1.807) is 0 Å². The first-order valence-corrected chi connectivity index (χ1v) is 6.26. The molecule has 0 aliphatic heterocycles. The molecule has 0 saturated heterocycles. The van der Waals surface area contributed by atoms with Crippen molar-refractivity contribution in [2.24, 2.45) is 16.8 Å². The van der Waals surface area contributed by atoms with Crippen LogP contribution < -0.4 is 11.1 Å². The predicted molar refractivity (Wildman–Crippen MR) is 68.4 cm³/mol. The molecule has 0 bridgehead atoms. The van der Waals surface area contributed by atoms with Crippen LogP contribution >= 0.6 is 0 Å². The highest BCUT2D eigenvalue weighted by atomic mass is 19.2. The highest BCUT2D eigenvalue weighted by Gasteiger charge is 2.32. The summed E-state index contributed by atoms with van der Waals surface area (Å²) in [5.41, 5.74) is 5.60. The lowest BCUT2D eigenvalue weighted by molar-refractivity contribution is 0.0932. The first-order chi connectivity index (χ1) is 9.52. The molecule has 1 amide bonds. The lowest BCUT2D eigenvalue weighted by atomic mass is 10.0. The van der Waals surface area contributed by atoms with Gasteiger partial charge in [-0.25, -0.2) is 8.78 Å². The third-order valence-corrected chi connectivity index (χ3v) is 3.51. The van der Waals surface area contributed by atoms with Crippen molar-refractivity contribution in [1.82, 2.24) is 5.32 Å². The van der Waals surface area contributed by atoms with Gasteiger partial charge in [0.25, 0.3) is 5.91 Å². The van der Waals surface area contributed by atoms with Crippen LogP contribution in [-0.2, 0) is 0 Å². The molecular formula is C13H15F2N3O2. The van der Waals surface area contributed by atoms with E-state index in [-0.39, 0.29) is 23.4 Å². The summed E-state index contributed by atoms with van der Waals surface area (Å²) in [7, 11) is 0. The molecule has 2 atom stereocenters. The van der Waals surface area contributed by atoms with Gasteiger partial charge in [-0.15, -0.1) is 0 Å². The molecule has 108 valence electrons. The zero-order valence-electron chi connectivity index (χ0n) is 10.6. The number of benzene rings is 1. The normalized spacial score (nSPS) is 22.8. The monoisotopic (exact) mass is 283 g/mol. The maximum atomic E-state index is 13.1. The summed E-state index contributed by atoms with van der Waals surface area (Å²) < 4.78 is 25.9. The highest BCUT2D eigenvalue weighted by Crippen LogP contribution is 2.26. The van der Waals surface area contributed by atoms with Crippen molar-refractivity contribution in [3.8, 4) is 0 Å². The van der Waals surface area contributed by atoms with Crippen molar-refractivity contribution in [2.45, 2.75) is 25.3 Å². The Labute approximate surface area is 114 Å². The fraction of sp³-hybridized carbons (Fsp3) is 0.385.